The van der Waals surface area contributed by atoms with Crippen LogP contribution < -0.4 is 10.2 Å². The molecule has 5 heterocycles. The minimum absolute atomic E-state index is 0.348. The van der Waals surface area contributed by atoms with E-state index in [2.05, 4.69) is 31.2 Å². The van der Waals surface area contributed by atoms with Gasteiger partial charge >= 0.3 is 6.18 Å². The zero-order chi connectivity index (χ0) is 27.7. The predicted molar refractivity (Wildman–Crippen MR) is 140 cm³/mol. The van der Waals surface area contributed by atoms with E-state index in [1.54, 1.807) is 4.68 Å². The molecule has 0 radical (unpaired) electrons. The van der Waals surface area contributed by atoms with Crippen molar-refractivity contribution >= 4 is 17.2 Å². The molecule has 0 spiro atoms. The Balaban J connectivity index is 1.27. The Hall–Kier alpha value is -3.93. The van der Waals surface area contributed by atoms with Gasteiger partial charge in [-0.15, -0.1) is 0 Å². The van der Waals surface area contributed by atoms with Gasteiger partial charge < -0.3 is 15.0 Å². The van der Waals surface area contributed by atoms with Gasteiger partial charge in [-0.25, -0.2) is 9.50 Å². The number of alkyl halides is 3. The summed E-state index contributed by atoms with van der Waals surface area (Å²) in [5.74, 6) is 0.0661. The smallest absolute Gasteiger partial charge is 0.370 e. The molecule has 1 fully saturated rings. The van der Waals surface area contributed by atoms with Crippen LogP contribution in [0.1, 0.15) is 18.4 Å². The van der Waals surface area contributed by atoms with E-state index in [1.807, 2.05) is 61.6 Å². The zero-order valence-electron chi connectivity index (χ0n) is 21.9. The standard InChI is InChI=1S/C27H30F3N7O2/c1-17-11-34-37-16-20(21-13-33-35(2)15-21)10-22(25(17)37)19-4-5-24(31-12-19)36-8-6-18(7-9-36)26(38)32-14-23(39-3)27(28,29)30/h4-5,10-13,15-16,18,23H,6-9,14H2,1-3H3,(H,32,38). The normalized spacial score (nSPS) is 15.6. The highest BCUT2D eigenvalue weighted by atomic mass is 19.4. The fourth-order valence-electron chi connectivity index (χ4n) is 5.00. The van der Waals surface area contributed by atoms with Crippen LogP contribution in [-0.4, -0.2) is 69.3 Å². The van der Waals surface area contributed by atoms with Gasteiger partial charge in [-0.2, -0.15) is 23.4 Å². The van der Waals surface area contributed by atoms with E-state index in [9.17, 15) is 18.0 Å². The Kier molecular flexibility index (Phi) is 7.30. The first kappa shape index (κ1) is 26.7. The number of pyridine rings is 2. The summed E-state index contributed by atoms with van der Waals surface area (Å²) in [5, 5.41) is 11.2. The fourth-order valence-corrected chi connectivity index (χ4v) is 5.00. The van der Waals surface area contributed by atoms with Crippen LogP contribution in [0.5, 0.6) is 0 Å². The minimum atomic E-state index is -4.52. The number of ether oxygens (including phenoxy) is 1. The van der Waals surface area contributed by atoms with Gasteiger partial charge in [0, 0.05) is 74.0 Å². The second-order valence-electron chi connectivity index (χ2n) is 9.84. The van der Waals surface area contributed by atoms with Crippen LogP contribution in [0, 0.1) is 12.8 Å². The molecule has 4 aromatic rings. The lowest BCUT2D eigenvalue weighted by molar-refractivity contribution is -0.210. The molecule has 1 unspecified atom stereocenters. The van der Waals surface area contributed by atoms with Gasteiger partial charge in [0.2, 0.25) is 5.91 Å². The second-order valence-corrected chi connectivity index (χ2v) is 9.84. The number of piperidine rings is 1. The predicted octanol–water partition coefficient (Wildman–Crippen LogP) is 4.02. The Morgan fingerprint density at radius 3 is 2.49 bits per heavy atom. The van der Waals surface area contributed by atoms with Crippen LogP contribution in [0.25, 0.3) is 27.8 Å². The highest BCUT2D eigenvalue weighted by molar-refractivity contribution is 5.86. The van der Waals surface area contributed by atoms with Gasteiger partial charge in [0.05, 0.1) is 24.5 Å². The van der Waals surface area contributed by atoms with Crippen molar-refractivity contribution in [3.63, 3.8) is 0 Å². The maximum Gasteiger partial charge on any atom is 0.416 e. The third-order valence-electron chi connectivity index (χ3n) is 7.19. The summed E-state index contributed by atoms with van der Waals surface area (Å²) in [4.78, 5) is 19.3. The number of amides is 1. The summed E-state index contributed by atoms with van der Waals surface area (Å²) in [7, 11) is 2.86. The van der Waals surface area contributed by atoms with Gasteiger partial charge in [0.25, 0.3) is 0 Å². The van der Waals surface area contributed by atoms with Crippen molar-refractivity contribution in [3.05, 3.63) is 54.7 Å². The number of nitrogens with one attached hydrogen (secondary N) is 1. The largest absolute Gasteiger partial charge is 0.416 e. The molecule has 1 aliphatic heterocycles. The van der Waals surface area contributed by atoms with E-state index in [4.69, 9.17) is 4.98 Å². The summed E-state index contributed by atoms with van der Waals surface area (Å²) in [6.07, 6.45) is 3.97. The number of nitrogens with zero attached hydrogens (tertiary/aromatic N) is 6. The molecule has 0 saturated carbocycles. The number of carbonyl (C=O) groups is 1. The van der Waals surface area contributed by atoms with Gasteiger partial charge in [0.1, 0.15) is 5.82 Å². The molecule has 5 rings (SSSR count). The van der Waals surface area contributed by atoms with Crippen molar-refractivity contribution in [2.45, 2.75) is 32.0 Å². The highest BCUT2D eigenvalue weighted by Crippen LogP contribution is 2.32. The monoisotopic (exact) mass is 541 g/mol. The molecule has 39 heavy (non-hydrogen) atoms. The lowest BCUT2D eigenvalue weighted by Crippen LogP contribution is -2.46. The van der Waals surface area contributed by atoms with Crippen LogP contribution >= 0.6 is 0 Å². The summed E-state index contributed by atoms with van der Waals surface area (Å²) in [5.41, 5.74) is 6.00. The van der Waals surface area contributed by atoms with Crippen LogP contribution in [0.15, 0.2) is 49.2 Å². The minimum Gasteiger partial charge on any atom is -0.370 e. The number of fused-ring (bicyclic) bond motifs is 1. The van der Waals surface area contributed by atoms with Crippen LogP contribution in [0.2, 0.25) is 0 Å². The van der Waals surface area contributed by atoms with E-state index >= 15 is 0 Å². The van der Waals surface area contributed by atoms with Crippen molar-refractivity contribution < 1.29 is 22.7 Å². The number of hydrogen-bond donors (Lipinski definition) is 1. The molecular weight excluding hydrogens is 511 g/mol. The van der Waals surface area contributed by atoms with Gasteiger partial charge in [-0.1, -0.05) is 0 Å². The van der Waals surface area contributed by atoms with Crippen LogP contribution in [0.4, 0.5) is 19.0 Å². The number of aromatic nitrogens is 5. The Morgan fingerprint density at radius 1 is 1.10 bits per heavy atom. The molecule has 4 aromatic heterocycles. The average molecular weight is 542 g/mol. The fraction of sp³-hybridized carbons (Fsp3) is 0.407. The van der Waals surface area contributed by atoms with Crippen LogP contribution in [0.3, 0.4) is 0 Å². The SMILES string of the molecule is COC(CNC(=O)C1CCN(c2ccc(-c3cc(-c4cnn(C)c4)cn4ncc(C)c34)cn2)CC1)C(F)(F)F. The molecule has 1 N–H and O–H groups in total. The number of hydrogen-bond acceptors (Lipinski definition) is 6. The van der Waals surface area contributed by atoms with Gasteiger partial charge in [-0.3, -0.25) is 9.48 Å². The summed E-state index contributed by atoms with van der Waals surface area (Å²) >= 11 is 0. The van der Waals surface area contributed by atoms with Crippen molar-refractivity contribution in [3.8, 4) is 22.3 Å². The number of methoxy groups -OCH3 is 1. The Labute approximate surface area is 223 Å². The lowest BCUT2D eigenvalue weighted by atomic mass is 9.95. The Morgan fingerprint density at radius 2 is 1.87 bits per heavy atom. The summed E-state index contributed by atoms with van der Waals surface area (Å²) in [6.45, 7) is 2.60. The zero-order valence-corrected chi connectivity index (χ0v) is 21.9. The van der Waals surface area contributed by atoms with Gasteiger partial charge in [0.15, 0.2) is 6.10 Å². The molecule has 0 bridgehead atoms. The van der Waals surface area contributed by atoms with Crippen LogP contribution in [-0.2, 0) is 16.6 Å². The number of anilines is 1. The average Bonchev–Trinajstić information content (AvgIpc) is 3.53. The maximum atomic E-state index is 12.9. The van der Waals surface area contributed by atoms with E-state index in [1.165, 1.54) is 0 Å². The molecule has 1 atom stereocenters. The molecule has 1 saturated heterocycles. The molecule has 0 aromatic carbocycles. The quantitative estimate of drug-likeness (QED) is 0.380. The van der Waals surface area contributed by atoms with E-state index in [-0.39, 0.29) is 11.8 Å². The number of carbonyl (C=O) groups excluding carboxylic acids is 1. The first-order valence-electron chi connectivity index (χ1n) is 12.7. The summed E-state index contributed by atoms with van der Waals surface area (Å²) in [6, 6.07) is 6.11. The maximum absolute atomic E-state index is 12.9. The van der Waals surface area contributed by atoms with E-state index in [0.29, 0.717) is 25.9 Å². The van der Waals surface area contributed by atoms with Crippen molar-refractivity contribution in [1.82, 2.24) is 29.7 Å². The number of aryl methyl sites for hydroxylation is 2. The molecule has 12 heteroatoms. The molecule has 206 valence electrons. The van der Waals surface area contributed by atoms with Crippen molar-refractivity contribution in [2.24, 2.45) is 13.0 Å². The number of rotatable bonds is 7. The molecule has 9 nitrogen and oxygen atoms in total. The second kappa shape index (κ2) is 10.7. The third kappa shape index (κ3) is 5.60. The van der Waals surface area contributed by atoms with E-state index < -0.39 is 18.8 Å². The third-order valence-corrected chi connectivity index (χ3v) is 7.19. The molecule has 0 aliphatic carbocycles. The number of halogens is 3. The van der Waals surface area contributed by atoms with Crippen molar-refractivity contribution in [1.29, 1.82) is 0 Å². The van der Waals surface area contributed by atoms with Gasteiger partial charge in [-0.05, 0) is 43.5 Å². The lowest BCUT2D eigenvalue weighted by Gasteiger charge is -2.32. The first-order chi connectivity index (χ1) is 18.6. The Bertz CT molecular complexity index is 1450. The van der Waals surface area contributed by atoms with Crippen molar-refractivity contribution in [2.75, 3.05) is 31.6 Å². The highest BCUT2D eigenvalue weighted by Gasteiger charge is 2.40. The first-order valence-corrected chi connectivity index (χ1v) is 12.7. The van der Waals surface area contributed by atoms with E-state index in [0.717, 1.165) is 46.3 Å². The molecule has 1 aliphatic rings. The molecule has 1 amide bonds. The topological polar surface area (TPSA) is 89.6 Å². The molecular formula is C27H30F3N7O2. The summed E-state index contributed by atoms with van der Waals surface area (Å²) < 4.78 is 46.7.